The van der Waals surface area contributed by atoms with E-state index in [9.17, 15) is 14.0 Å². The second-order valence-corrected chi connectivity index (χ2v) is 12.3. The van der Waals surface area contributed by atoms with E-state index < -0.39 is 0 Å². The Morgan fingerprint density at radius 2 is 1.78 bits per heavy atom. The second-order valence-electron chi connectivity index (χ2n) is 11.3. The number of methoxy groups -OCH3 is 2. The van der Waals surface area contributed by atoms with Crippen molar-refractivity contribution in [3.05, 3.63) is 82.6 Å². The number of rotatable bonds is 13. The number of ether oxygens (including phenoxy) is 3. The molecule has 0 unspecified atom stereocenters. The topological polar surface area (TPSA) is 93.5 Å². The summed E-state index contributed by atoms with van der Waals surface area (Å²) < 4.78 is 36.7. The van der Waals surface area contributed by atoms with E-state index in [-0.39, 0.29) is 36.4 Å². The first-order chi connectivity index (χ1) is 22.2. The average Bonchev–Trinajstić information content (AvgIpc) is 3.66. The van der Waals surface area contributed by atoms with Gasteiger partial charge >= 0.3 is 5.97 Å². The number of allylic oxidation sites excluding steroid dienone is 2. The number of nitrogens with zero attached hydrogens (tertiary/aromatic N) is 2. The molecule has 9 nitrogen and oxygen atoms in total. The van der Waals surface area contributed by atoms with Crippen LogP contribution in [0.4, 0.5) is 4.39 Å². The minimum Gasteiger partial charge on any atom is -0.495 e. The Morgan fingerprint density at radius 3 is 2.46 bits per heavy atom. The Morgan fingerprint density at radius 1 is 1.04 bits per heavy atom. The first-order valence-corrected chi connectivity index (χ1v) is 16.2. The van der Waals surface area contributed by atoms with Gasteiger partial charge in [-0.15, -0.1) is 11.8 Å². The third kappa shape index (κ3) is 8.20. The number of furan rings is 1. The van der Waals surface area contributed by atoms with Gasteiger partial charge in [0, 0.05) is 32.7 Å². The number of hydrogen-bond donors (Lipinski definition) is 1. The van der Waals surface area contributed by atoms with Crippen molar-refractivity contribution in [1.29, 1.82) is 0 Å². The third-order valence-electron chi connectivity index (χ3n) is 8.23. The first-order valence-electron chi connectivity index (χ1n) is 15.2. The van der Waals surface area contributed by atoms with Crippen LogP contribution in [0.15, 0.2) is 63.6 Å². The van der Waals surface area contributed by atoms with Crippen LogP contribution in [-0.2, 0) is 20.9 Å². The fourth-order valence-electron chi connectivity index (χ4n) is 5.63. The van der Waals surface area contributed by atoms with Crippen LogP contribution in [0.1, 0.15) is 35.8 Å². The lowest BCUT2D eigenvalue weighted by molar-refractivity contribution is -0.140. The van der Waals surface area contributed by atoms with Gasteiger partial charge in [0.05, 0.1) is 44.1 Å². The standard InChI is InChI=1S/C35H40FN3O6S/c1-23-28(27-8-7-25(36)19-30(27)29(23)20-33(40)37-21-26-6-5-14-44-26)16-24-17-31(42-3)35(32(18-24)43-4)46-22-34(41)45-15-13-39-11-9-38(2)10-12-39/h5-8,14,16-19H,9-13,15,20-22H2,1-4H3,(H,37,40). The van der Waals surface area contributed by atoms with Crippen molar-refractivity contribution in [2.45, 2.75) is 24.8 Å². The van der Waals surface area contributed by atoms with Crippen LogP contribution in [0.2, 0.25) is 0 Å². The summed E-state index contributed by atoms with van der Waals surface area (Å²) in [4.78, 5) is 30.7. The molecule has 46 heavy (non-hydrogen) atoms. The number of likely N-dealkylation sites (N-methyl/N-ethyl adjacent to an activating group) is 1. The number of benzene rings is 2. The number of amides is 1. The van der Waals surface area contributed by atoms with Crippen LogP contribution in [0.25, 0.3) is 17.2 Å². The summed E-state index contributed by atoms with van der Waals surface area (Å²) in [6, 6.07) is 11.9. The Hall–Kier alpha value is -4.06. The number of esters is 1. The summed E-state index contributed by atoms with van der Waals surface area (Å²) in [6.07, 6.45) is 3.63. The lowest BCUT2D eigenvalue weighted by Crippen LogP contribution is -2.45. The number of carbonyl (C=O) groups excluding carboxylic acids is 2. The number of piperazine rings is 1. The maximum atomic E-state index is 14.4. The first kappa shape index (κ1) is 33.3. The van der Waals surface area contributed by atoms with Gasteiger partial charge in [-0.1, -0.05) is 6.07 Å². The molecule has 1 amide bonds. The molecule has 0 spiro atoms. The van der Waals surface area contributed by atoms with Gasteiger partial charge in [-0.2, -0.15) is 0 Å². The highest BCUT2D eigenvalue weighted by Crippen LogP contribution is 2.45. The minimum absolute atomic E-state index is 0.0913. The average molecular weight is 650 g/mol. The molecule has 1 aliphatic carbocycles. The molecule has 1 fully saturated rings. The fraction of sp³-hybridized carbons (Fsp3) is 0.371. The molecular weight excluding hydrogens is 609 g/mol. The van der Waals surface area contributed by atoms with Crippen LogP contribution in [-0.4, -0.2) is 88.0 Å². The van der Waals surface area contributed by atoms with Crippen LogP contribution in [0, 0.1) is 5.82 Å². The molecule has 2 aromatic carbocycles. The lowest BCUT2D eigenvalue weighted by atomic mass is 10.0. The summed E-state index contributed by atoms with van der Waals surface area (Å²) >= 11 is 1.30. The molecule has 0 radical (unpaired) electrons. The molecule has 1 saturated heterocycles. The van der Waals surface area contributed by atoms with E-state index in [0.29, 0.717) is 34.3 Å². The molecule has 2 heterocycles. The molecule has 1 aromatic heterocycles. The van der Waals surface area contributed by atoms with Gasteiger partial charge in [-0.3, -0.25) is 14.5 Å². The summed E-state index contributed by atoms with van der Waals surface area (Å²) in [7, 11) is 5.25. The maximum Gasteiger partial charge on any atom is 0.316 e. The Labute approximate surface area is 273 Å². The highest BCUT2D eigenvalue weighted by molar-refractivity contribution is 8.00. The highest BCUT2D eigenvalue weighted by atomic mass is 32.2. The van der Waals surface area contributed by atoms with Gasteiger partial charge in [0.1, 0.15) is 29.7 Å². The molecule has 244 valence electrons. The van der Waals surface area contributed by atoms with Gasteiger partial charge in [0.25, 0.3) is 0 Å². The fourth-order valence-corrected chi connectivity index (χ4v) is 6.54. The Balaban J connectivity index is 1.30. The molecule has 0 saturated carbocycles. The quantitative estimate of drug-likeness (QED) is 0.194. The van der Waals surface area contributed by atoms with Crippen LogP contribution >= 0.6 is 11.8 Å². The third-order valence-corrected chi connectivity index (χ3v) is 9.30. The van der Waals surface area contributed by atoms with E-state index in [4.69, 9.17) is 18.6 Å². The van der Waals surface area contributed by atoms with E-state index in [2.05, 4.69) is 22.2 Å². The summed E-state index contributed by atoms with van der Waals surface area (Å²) in [5, 5.41) is 2.87. The Bertz CT molecular complexity index is 1590. The van der Waals surface area contributed by atoms with Gasteiger partial charge in [-0.25, -0.2) is 4.39 Å². The molecule has 3 aromatic rings. The molecular formula is C35H40FN3O6S. The van der Waals surface area contributed by atoms with Crippen molar-refractivity contribution < 1.29 is 32.6 Å². The minimum atomic E-state index is -0.371. The van der Waals surface area contributed by atoms with Gasteiger partial charge in [-0.05, 0) is 89.9 Å². The van der Waals surface area contributed by atoms with E-state index >= 15 is 0 Å². The van der Waals surface area contributed by atoms with Gasteiger partial charge in [0.15, 0.2) is 0 Å². The zero-order valence-electron chi connectivity index (χ0n) is 26.7. The summed E-state index contributed by atoms with van der Waals surface area (Å²) in [6.45, 7) is 7.27. The normalized spacial score (nSPS) is 16.1. The van der Waals surface area contributed by atoms with Crippen molar-refractivity contribution in [3.8, 4) is 11.5 Å². The second kappa shape index (κ2) is 15.5. The van der Waals surface area contributed by atoms with Crippen LogP contribution < -0.4 is 14.8 Å². The number of fused-ring (bicyclic) bond motifs is 1. The van der Waals surface area contributed by atoms with Crippen molar-refractivity contribution in [2.75, 3.05) is 66.4 Å². The number of hydrogen-bond acceptors (Lipinski definition) is 9. The predicted molar refractivity (Wildman–Crippen MR) is 177 cm³/mol. The van der Waals surface area contributed by atoms with Crippen molar-refractivity contribution in [2.24, 2.45) is 0 Å². The van der Waals surface area contributed by atoms with Gasteiger partial charge < -0.3 is 28.8 Å². The number of halogens is 1. The van der Waals surface area contributed by atoms with E-state index in [1.165, 1.54) is 23.9 Å². The molecule has 11 heteroatoms. The summed E-state index contributed by atoms with van der Waals surface area (Å²) in [5.74, 6) is 1.01. The van der Waals surface area contributed by atoms with Gasteiger partial charge in [0.2, 0.25) is 5.91 Å². The van der Waals surface area contributed by atoms with Crippen molar-refractivity contribution in [1.82, 2.24) is 15.1 Å². The zero-order valence-corrected chi connectivity index (χ0v) is 27.5. The zero-order chi connectivity index (χ0) is 32.6. The van der Waals surface area contributed by atoms with E-state index in [1.54, 1.807) is 38.7 Å². The van der Waals surface area contributed by atoms with Crippen LogP contribution in [0.3, 0.4) is 0 Å². The number of thioether (sulfide) groups is 1. The summed E-state index contributed by atoms with van der Waals surface area (Å²) in [5.41, 5.74) is 4.83. The SMILES string of the molecule is COc1cc(C=C2C(C)=C(CC(=O)NCc3ccco3)c3cc(F)ccc32)cc(OC)c1SCC(=O)OCCN1CCN(C)CC1. The lowest BCUT2D eigenvalue weighted by Gasteiger charge is -2.32. The predicted octanol–water partition coefficient (Wildman–Crippen LogP) is 5.35. The Kier molecular flexibility index (Phi) is 11.2. The molecule has 1 N–H and O–H groups in total. The highest BCUT2D eigenvalue weighted by Gasteiger charge is 2.26. The van der Waals surface area contributed by atoms with E-state index in [1.807, 2.05) is 25.1 Å². The molecule has 5 rings (SSSR count). The molecule has 0 bridgehead atoms. The largest absolute Gasteiger partial charge is 0.495 e. The number of nitrogens with one attached hydrogen (secondary N) is 1. The molecule has 1 aliphatic heterocycles. The van der Waals surface area contributed by atoms with Crippen molar-refractivity contribution in [3.63, 3.8) is 0 Å². The monoisotopic (exact) mass is 649 g/mol. The van der Waals surface area contributed by atoms with Crippen molar-refractivity contribution >= 4 is 40.9 Å². The van der Waals surface area contributed by atoms with Crippen LogP contribution in [0.5, 0.6) is 11.5 Å². The molecule has 2 aliphatic rings. The number of carbonyl (C=O) groups is 2. The smallest absolute Gasteiger partial charge is 0.316 e. The maximum absolute atomic E-state index is 14.4. The van der Waals surface area contributed by atoms with E-state index in [0.717, 1.165) is 60.6 Å². The molecule has 0 atom stereocenters.